The van der Waals surface area contributed by atoms with Gasteiger partial charge >= 0.3 is 0 Å². The van der Waals surface area contributed by atoms with Crippen LogP contribution in [0.1, 0.15) is 25.3 Å². The molecule has 0 amide bonds. The molecule has 1 saturated heterocycles. The number of halogens is 1. The molecule has 0 aromatic carbocycles. The van der Waals surface area contributed by atoms with E-state index in [2.05, 4.69) is 21.9 Å². The lowest BCUT2D eigenvalue weighted by Crippen LogP contribution is -2.43. The van der Waals surface area contributed by atoms with Crippen LogP contribution >= 0.6 is 24.0 Å². The van der Waals surface area contributed by atoms with Crippen LogP contribution in [-0.2, 0) is 13.6 Å². The zero-order chi connectivity index (χ0) is 12.3. The van der Waals surface area contributed by atoms with Gasteiger partial charge in [-0.3, -0.25) is 4.68 Å². The summed E-state index contributed by atoms with van der Waals surface area (Å²) in [7, 11) is 1.91. The second-order valence-electron chi connectivity index (χ2n) is 4.89. The number of rotatable bonds is 2. The van der Waals surface area contributed by atoms with Gasteiger partial charge in [-0.05, 0) is 18.8 Å². The first-order chi connectivity index (χ1) is 8.15. The first-order valence-corrected chi connectivity index (χ1v) is 6.17. The van der Waals surface area contributed by atoms with Crippen LogP contribution in [0, 0.1) is 5.92 Å². The summed E-state index contributed by atoms with van der Waals surface area (Å²) in [4.78, 5) is 6.62. The molecule has 1 atom stereocenters. The number of piperidine rings is 1. The minimum Gasteiger partial charge on any atom is -0.370 e. The Morgan fingerprint density at radius 3 is 3.00 bits per heavy atom. The van der Waals surface area contributed by atoms with Crippen LogP contribution in [0.5, 0.6) is 0 Å². The molecule has 1 aliphatic heterocycles. The van der Waals surface area contributed by atoms with E-state index in [1.807, 2.05) is 19.4 Å². The standard InChI is InChI=1S/C12H21N5.HI/c1-10-4-3-5-17(8-10)12(13)14-6-11-7-15-16(2)9-11;/h7,9-10H,3-6,8H2,1-2H3,(H2,13,14);1H. The summed E-state index contributed by atoms with van der Waals surface area (Å²) < 4.78 is 1.78. The maximum atomic E-state index is 6.01. The fraction of sp³-hybridized carbons (Fsp3) is 0.667. The molecule has 2 heterocycles. The van der Waals surface area contributed by atoms with Crippen LogP contribution < -0.4 is 5.73 Å². The van der Waals surface area contributed by atoms with Gasteiger partial charge in [-0.25, -0.2) is 4.99 Å². The molecular formula is C12H22IN5. The van der Waals surface area contributed by atoms with E-state index in [-0.39, 0.29) is 24.0 Å². The van der Waals surface area contributed by atoms with Crippen molar-refractivity contribution in [3.8, 4) is 0 Å². The van der Waals surface area contributed by atoms with Gasteiger partial charge in [0.05, 0.1) is 12.7 Å². The van der Waals surface area contributed by atoms with Gasteiger partial charge in [0, 0.05) is 31.9 Å². The molecule has 0 bridgehead atoms. The molecule has 102 valence electrons. The highest BCUT2D eigenvalue weighted by Gasteiger charge is 2.17. The molecule has 1 unspecified atom stereocenters. The summed E-state index contributed by atoms with van der Waals surface area (Å²) in [6, 6.07) is 0. The predicted molar refractivity (Wildman–Crippen MR) is 83.9 cm³/mol. The molecule has 18 heavy (non-hydrogen) atoms. The molecule has 1 fully saturated rings. The lowest BCUT2D eigenvalue weighted by atomic mass is 10.0. The van der Waals surface area contributed by atoms with E-state index in [1.54, 1.807) is 4.68 Å². The third-order valence-corrected chi connectivity index (χ3v) is 3.16. The van der Waals surface area contributed by atoms with Crippen molar-refractivity contribution < 1.29 is 0 Å². The fourth-order valence-corrected chi connectivity index (χ4v) is 2.22. The SMILES string of the molecule is CC1CCCN(C(N)=NCc2cnn(C)c2)C1.I. The summed E-state index contributed by atoms with van der Waals surface area (Å²) in [5.41, 5.74) is 7.11. The Hall–Kier alpha value is -0.790. The van der Waals surface area contributed by atoms with Gasteiger partial charge in [0.2, 0.25) is 0 Å². The molecule has 0 saturated carbocycles. The Labute approximate surface area is 125 Å². The summed E-state index contributed by atoms with van der Waals surface area (Å²) in [6.07, 6.45) is 6.31. The van der Waals surface area contributed by atoms with Crippen LogP contribution in [0.25, 0.3) is 0 Å². The average Bonchev–Trinajstić information content (AvgIpc) is 2.72. The van der Waals surface area contributed by atoms with E-state index >= 15 is 0 Å². The van der Waals surface area contributed by atoms with Gasteiger partial charge in [-0.15, -0.1) is 24.0 Å². The molecule has 1 aliphatic rings. The molecule has 0 spiro atoms. The van der Waals surface area contributed by atoms with Crippen molar-refractivity contribution in [3.63, 3.8) is 0 Å². The number of likely N-dealkylation sites (tertiary alicyclic amines) is 1. The van der Waals surface area contributed by atoms with Crippen molar-refractivity contribution in [2.24, 2.45) is 23.7 Å². The highest BCUT2D eigenvalue weighted by atomic mass is 127. The molecule has 1 aromatic heterocycles. The van der Waals surface area contributed by atoms with Crippen molar-refractivity contribution in [2.45, 2.75) is 26.3 Å². The van der Waals surface area contributed by atoms with Gasteiger partial charge in [-0.1, -0.05) is 6.92 Å². The van der Waals surface area contributed by atoms with Gasteiger partial charge in [0.15, 0.2) is 5.96 Å². The molecule has 0 aliphatic carbocycles. The van der Waals surface area contributed by atoms with Crippen LogP contribution in [-0.4, -0.2) is 33.7 Å². The quantitative estimate of drug-likeness (QED) is 0.493. The number of hydrogen-bond donors (Lipinski definition) is 1. The Balaban J connectivity index is 0.00000162. The third kappa shape index (κ3) is 4.15. The normalized spacial score (nSPS) is 20.7. The monoisotopic (exact) mass is 363 g/mol. The minimum atomic E-state index is 0. The van der Waals surface area contributed by atoms with Gasteiger partial charge < -0.3 is 10.6 Å². The number of aliphatic imine (C=N–C) groups is 1. The van der Waals surface area contributed by atoms with Crippen molar-refractivity contribution in [1.82, 2.24) is 14.7 Å². The summed E-state index contributed by atoms with van der Waals surface area (Å²) in [6.45, 7) is 4.94. The van der Waals surface area contributed by atoms with E-state index in [0.29, 0.717) is 12.5 Å². The molecule has 2 rings (SSSR count). The molecule has 5 nitrogen and oxygen atoms in total. The summed E-state index contributed by atoms with van der Waals surface area (Å²) in [5.74, 6) is 1.39. The van der Waals surface area contributed by atoms with E-state index < -0.39 is 0 Å². The summed E-state index contributed by atoms with van der Waals surface area (Å²) >= 11 is 0. The Kier molecular flexibility index (Phi) is 5.90. The topological polar surface area (TPSA) is 59.4 Å². The second kappa shape index (κ2) is 6.96. The van der Waals surface area contributed by atoms with Crippen LogP contribution in [0.2, 0.25) is 0 Å². The number of guanidine groups is 1. The Bertz CT molecular complexity index is 401. The van der Waals surface area contributed by atoms with E-state index in [9.17, 15) is 0 Å². The van der Waals surface area contributed by atoms with E-state index in [0.717, 1.165) is 24.6 Å². The molecule has 2 N–H and O–H groups in total. The number of hydrogen-bond acceptors (Lipinski definition) is 2. The van der Waals surface area contributed by atoms with Crippen molar-refractivity contribution >= 4 is 29.9 Å². The van der Waals surface area contributed by atoms with E-state index in [4.69, 9.17) is 5.73 Å². The second-order valence-corrected chi connectivity index (χ2v) is 4.89. The first-order valence-electron chi connectivity index (χ1n) is 6.17. The van der Waals surface area contributed by atoms with Crippen molar-refractivity contribution in [1.29, 1.82) is 0 Å². The van der Waals surface area contributed by atoms with Crippen molar-refractivity contribution in [2.75, 3.05) is 13.1 Å². The number of nitrogens with two attached hydrogens (primary N) is 1. The average molecular weight is 363 g/mol. The maximum absolute atomic E-state index is 6.01. The Morgan fingerprint density at radius 2 is 2.39 bits per heavy atom. The van der Waals surface area contributed by atoms with Crippen LogP contribution in [0.15, 0.2) is 17.4 Å². The third-order valence-electron chi connectivity index (χ3n) is 3.16. The molecule has 0 radical (unpaired) electrons. The van der Waals surface area contributed by atoms with Gasteiger partial charge in [-0.2, -0.15) is 5.10 Å². The van der Waals surface area contributed by atoms with Gasteiger partial charge in [0.25, 0.3) is 0 Å². The predicted octanol–water partition coefficient (Wildman–Crippen LogP) is 1.58. The van der Waals surface area contributed by atoms with Gasteiger partial charge in [0.1, 0.15) is 0 Å². The lowest BCUT2D eigenvalue weighted by molar-refractivity contribution is 0.270. The molecular weight excluding hydrogens is 341 g/mol. The number of aromatic nitrogens is 2. The first kappa shape index (κ1) is 15.3. The summed E-state index contributed by atoms with van der Waals surface area (Å²) in [5, 5.41) is 4.11. The zero-order valence-corrected chi connectivity index (χ0v) is 13.4. The highest BCUT2D eigenvalue weighted by Crippen LogP contribution is 2.15. The maximum Gasteiger partial charge on any atom is 0.191 e. The van der Waals surface area contributed by atoms with Crippen LogP contribution in [0.4, 0.5) is 0 Å². The van der Waals surface area contributed by atoms with Crippen molar-refractivity contribution in [3.05, 3.63) is 18.0 Å². The van der Waals surface area contributed by atoms with Crippen LogP contribution in [0.3, 0.4) is 0 Å². The molecule has 6 heteroatoms. The number of nitrogens with zero attached hydrogens (tertiary/aromatic N) is 4. The smallest absolute Gasteiger partial charge is 0.191 e. The Morgan fingerprint density at radius 1 is 1.61 bits per heavy atom. The molecule has 1 aromatic rings. The zero-order valence-electron chi connectivity index (χ0n) is 11.0. The lowest BCUT2D eigenvalue weighted by Gasteiger charge is -2.31. The minimum absolute atomic E-state index is 0. The fourth-order valence-electron chi connectivity index (χ4n) is 2.22. The largest absolute Gasteiger partial charge is 0.370 e. The van der Waals surface area contributed by atoms with E-state index in [1.165, 1.54) is 12.8 Å². The number of aryl methyl sites for hydroxylation is 1. The highest BCUT2D eigenvalue weighted by molar-refractivity contribution is 14.0.